The van der Waals surface area contributed by atoms with Gasteiger partial charge >= 0.3 is 0 Å². The molecule has 9 nitrogen and oxygen atoms in total. The third-order valence-corrected chi connectivity index (χ3v) is 4.72. The van der Waals surface area contributed by atoms with Gasteiger partial charge in [0, 0.05) is 30.5 Å². The van der Waals surface area contributed by atoms with Crippen LogP contribution in [-0.4, -0.2) is 63.3 Å². The average Bonchev–Trinajstić information content (AvgIpc) is 2.74. The maximum absolute atomic E-state index is 12.7. The predicted molar refractivity (Wildman–Crippen MR) is 112 cm³/mol. The van der Waals surface area contributed by atoms with Crippen LogP contribution in [0.15, 0.2) is 48.7 Å². The van der Waals surface area contributed by atoms with E-state index in [1.807, 2.05) is 18.0 Å². The first-order valence-corrected chi connectivity index (χ1v) is 9.54. The van der Waals surface area contributed by atoms with E-state index in [-0.39, 0.29) is 17.8 Å². The standard InChI is InChI=1S/C21H21N7O2/c1-14-23-19(17-5-3-4-10-22-17)25-21(24-14)26-20(30)15-6-8-16(9-7-15)28-12-11-27(2)13-18(28)29/h3-10H,11-13H2,1-2H3,(H,23,24,25,26,30). The van der Waals surface area contributed by atoms with Gasteiger partial charge in [-0.3, -0.25) is 24.8 Å². The van der Waals surface area contributed by atoms with Crippen LogP contribution < -0.4 is 10.2 Å². The fourth-order valence-electron chi connectivity index (χ4n) is 3.18. The molecule has 3 aromatic rings. The normalized spacial score (nSPS) is 14.6. The van der Waals surface area contributed by atoms with E-state index in [0.717, 1.165) is 12.2 Å². The van der Waals surface area contributed by atoms with E-state index in [4.69, 9.17) is 0 Å². The molecule has 0 atom stereocenters. The Balaban J connectivity index is 1.49. The molecule has 1 aliphatic heterocycles. The van der Waals surface area contributed by atoms with E-state index in [1.54, 1.807) is 54.4 Å². The molecule has 1 saturated heterocycles. The molecule has 152 valence electrons. The van der Waals surface area contributed by atoms with Crippen molar-refractivity contribution in [3.63, 3.8) is 0 Å². The Morgan fingerprint density at radius 1 is 1.03 bits per heavy atom. The van der Waals surface area contributed by atoms with Gasteiger partial charge in [-0.05, 0) is 50.4 Å². The lowest BCUT2D eigenvalue weighted by Crippen LogP contribution is -2.48. The number of benzene rings is 1. The van der Waals surface area contributed by atoms with Gasteiger partial charge in [0.25, 0.3) is 5.91 Å². The van der Waals surface area contributed by atoms with Crippen LogP contribution in [0.4, 0.5) is 11.6 Å². The fourth-order valence-corrected chi connectivity index (χ4v) is 3.18. The highest BCUT2D eigenvalue weighted by Crippen LogP contribution is 2.19. The summed E-state index contributed by atoms with van der Waals surface area (Å²) in [7, 11) is 1.92. The molecule has 0 spiro atoms. The van der Waals surface area contributed by atoms with Crippen LogP contribution in [0, 0.1) is 6.92 Å². The minimum absolute atomic E-state index is 0.0451. The van der Waals surface area contributed by atoms with Gasteiger partial charge in [-0.15, -0.1) is 0 Å². The first-order valence-electron chi connectivity index (χ1n) is 9.54. The quantitative estimate of drug-likeness (QED) is 0.708. The van der Waals surface area contributed by atoms with Crippen LogP contribution in [-0.2, 0) is 4.79 Å². The van der Waals surface area contributed by atoms with Crippen LogP contribution in [0.3, 0.4) is 0 Å². The number of rotatable bonds is 4. The van der Waals surface area contributed by atoms with Crippen LogP contribution in [0.2, 0.25) is 0 Å². The van der Waals surface area contributed by atoms with Crippen molar-refractivity contribution in [2.75, 3.05) is 36.9 Å². The molecule has 3 heterocycles. The van der Waals surface area contributed by atoms with Crippen LogP contribution >= 0.6 is 0 Å². The van der Waals surface area contributed by atoms with E-state index in [1.165, 1.54) is 0 Å². The van der Waals surface area contributed by atoms with Crippen LogP contribution in [0.1, 0.15) is 16.2 Å². The van der Waals surface area contributed by atoms with E-state index >= 15 is 0 Å². The molecule has 1 aliphatic rings. The number of aromatic nitrogens is 4. The number of pyridine rings is 1. The number of nitrogens with one attached hydrogen (secondary N) is 1. The molecule has 1 aromatic carbocycles. The monoisotopic (exact) mass is 403 g/mol. The second kappa shape index (κ2) is 8.34. The molecule has 2 aromatic heterocycles. The zero-order valence-corrected chi connectivity index (χ0v) is 16.7. The number of piperazine rings is 1. The van der Waals surface area contributed by atoms with Gasteiger partial charge in [0.1, 0.15) is 11.5 Å². The zero-order chi connectivity index (χ0) is 21.1. The van der Waals surface area contributed by atoms with Crippen molar-refractivity contribution in [1.82, 2.24) is 24.8 Å². The van der Waals surface area contributed by atoms with Crippen molar-refractivity contribution in [3.05, 3.63) is 60.0 Å². The van der Waals surface area contributed by atoms with Crippen molar-refractivity contribution < 1.29 is 9.59 Å². The summed E-state index contributed by atoms with van der Waals surface area (Å²) >= 11 is 0. The molecule has 0 saturated carbocycles. The molecule has 30 heavy (non-hydrogen) atoms. The molecule has 2 amide bonds. The highest BCUT2D eigenvalue weighted by Gasteiger charge is 2.23. The molecule has 0 radical (unpaired) electrons. The van der Waals surface area contributed by atoms with Gasteiger partial charge in [0.15, 0.2) is 5.82 Å². The molecular formula is C21H21N7O2. The van der Waals surface area contributed by atoms with Crippen molar-refractivity contribution in [3.8, 4) is 11.5 Å². The van der Waals surface area contributed by atoms with Gasteiger partial charge in [0.05, 0.1) is 6.54 Å². The van der Waals surface area contributed by atoms with Crippen LogP contribution in [0.5, 0.6) is 0 Å². The van der Waals surface area contributed by atoms with E-state index in [0.29, 0.717) is 36.0 Å². The molecule has 0 aliphatic carbocycles. The van der Waals surface area contributed by atoms with Crippen LogP contribution in [0.25, 0.3) is 11.5 Å². The summed E-state index contributed by atoms with van der Waals surface area (Å²) < 4.78 is 0. The summed E-state index contributed by atoms with van der Waals surface area (Å²) in [6.45, 7) is 3.55. The van der Waals surface area contributed by atoms with Gasteiger partial charge in [0.2, 0.25) is 11.9 Å². The number of hydrogen-bond acceptors (Lipinski definition) is 7. The molecular weight excluding hydrogens is 382 g/mol. The number of hydrogen-bond donors (Lipinski definition) is 1. The zero-order valence-electron chi connectivity index (χ0n) is 16.7. The lowest BCUT2D eigenvalue weighted by atomic mass is 10.1. The Morgan fingerprint density at radius 3 is 2.53 bits per heavy atom. The van der Waals surface area contributed by atoms with E-state index in [2.05, 4.69) is 25.3 Å². The van der Waals surface area contributed by atoms with Crippen molar-refractivity contribution in [2.45, 2.75) is 6.92 Å². The largest absolute Gasteiger partial charge is 0.310 e. The Kier molecular flexibility index (Phi) is 5.44. The van der Waals surface area contributed by atoms with Gasteiger partial charge in [-0.1, -0.05) is 6.07 Å². The highest BCUT2D eigenvalue weighted by atomic mass is 16.2. The smallest absolute Gasteiger partial charge is 0.258 e. The second-order valence-electron chi connectivity index (χ2n) is 7.03. The lowest BCUT2D eigenvalue weighted by molar-refractivity contribution is -0.120. The fraction of sp³-hybridized carbons (Fsp3) is 0.238. The Labute approximate surface area is 173 Å². The maximum atomic E-state index is 12.7. The van der Waals surface area contributed by atoms with Gasteiger partial charge < -0.3 is 4.90 Å². The molecule has 4 rings (SSSR count). The SMILES string of the molecule is Cc1nc(NC(=O)c2ccc(N3CCN(C)CC3=O)cc2)nc(-c2ccccn2)n1. The number of likely N-dealkylation sites (N-methyl/N-ethyl adjacent to an activating group) is 1. The number of carbonyl (C=O) groups is 2. The third kappa shape index (κ3) is 4.31. The van der Waals surface area contributed by atoms with Gasteiger partial charge in [-0.25, -0.2) is 4.98 Å². The van der Waals surface area contributed by atoms with Crippen molar-refractivity contribution in [1.29, 1.82) is 0 Å². The second-order valence-corrected chi connectivity index (χ2v) is 7.03. The minimum atomic E-state index is -0.344. The lowest BCUT2D eigenvalue weighted by Gasteiger charge is -2.32. The van der Waals surface area contributed by atoms with E-state index < -0.39 is 0 Å². The predicted octanol–water partition coefficient (Wildman–Crippen LogP) is 1.77. The molecule has 1 N–H and O–H groups in total. The molecule has 9 heteroatoms. The molecule has 1 fully saturated rings. The minimum Gasteiger partial charge on any atom is -0.310 e. The van der Waals surface area contributed by atoms with Gasteiger partial charge in [-0.2, -0.15) is 9.97 Å². The summed E-state index contributed by atoms with van der Waals surface area (Å²) in [6.07, 6.45) is 1.65. The number of nitrogens with zero attached hydrogens (tertiary/aromatic N) is 6. The highest BCUT2D eigenvalue weighted by molar-refractivity contribution is 6.04. The Bertz CT molecular complexity index is 1070. The Hall–Kier alpha value is -3.72. The first kappa shape index (κ1) is 19.6. The molecule has 0 unspecified atom stereocenters. The van der Waals surface area contributed by atoms with E-state index in [9.17, 15) is 9.59 Å². The first-order chi connectivity index (χ1) is 14.5. The number of aryl methyl sites for hydroxylation is 1. The number of carbonyl (C=O) groups excluding carboxylic acids is 2. The van der Waals surface area contributed by atoms with Crippen molar-refractivity contribution in [2.24, 2.45) is 0 Å². The average molecular weight is 403 g/mol. The third-order valence-electron chi connectivity index (χ3n) is 4.72. The summed E-state index contributed by atoms with van der Waals surface area (Å²) in [4.78, 5) is 45.6. The number of amides is 2. The molecule has 0 bridgehead atoms. The topological polar surface area (TPSA) is 104 Å². The summed E-state index contributed by atoms with van der Waals surface area (Å²) in [5, 5.41) is 2.71. The number of anilines is 2. The Morgan fingerprint density at radius 2 is 1.83 bits per heavy atom. The summed E-state index contributed by atoms with van der Waals surface area (Å²) in [6, 6.07) is 12.4. The summed E-state index contributed by atoms with van der Waals surface area (Å²) in [5.41, 5.74) is 1.82. The maximum Gasteiger partial charge on any atom is 0.258 e. The summed E-state index contributed by atoms with van der Waals surface area (Å²) in [5.74, 6) is 0.728. The van der Waals surface area contributed by atoms with Crippen molar-refractivity contribution >= 4 is 23.5 Å².